The lowest BCUT2D eigenvalue weighted by atomic mass is 10.0. The monoisotopic (exact) mass is 488 g/mol. The maximum Gasteiger partial charge on any atom is 0.191 e. The van der Waals surface area contributed by atoms with Crippen LogP contribution in [0.2, 0.25) is 0 Å². The summed E-state index contributed by atoms with van der Waals surface area (Å²) in [7, 11) is 1.82. The number of nitrogens with one attached hydrogen (secondary N) is 2. The summed E-state index contributed by atoms with van der Waals surface area (Å²) in [5, 5.41) is 6.91. The minimum absolute atomic E-state index is 0. The zero-order valence-electron chi connectivity index (χ0n) is 16.6. The minimum atomic E-state index is 0. The molecule has 0 amide bonds. The van der Waals surface area contributed by atoms with Gasteiger partial charge in [0.2, 0.25) is 0 Å². The van der Waals surface area contributed by atoms with Gasteiger partial charge in [0.15, 0.2) is 5.96 Å². The smallest absolute Gasteiger partial charge is 0.191 e. The second-order valence-corrected chi connectivity index (χ2v) is 7.35. The van der Waals surface area contributed by atoms with Crippen molar-refractivity contribution in [3.63, 3.8) is 0 Å². The zero-order chi connectivity index (χ0) is 18.4. The van der Waals surface area contributed by atoms with Crippen LogP contribution in [0.5, 0.6) is 5.75 Å². The normalized spacial score (nSPS) is 21.2. The third-order valence-electron chi connectivity index (χ3n) is 5.20. The van der Waals surface area contributed by atoms with Crippen molar-refractivity contribution in [1.82, 2.24) is 15.5 Å². The van der Waals surface area contributed by atoms with Gasteiger partial charge in [-0.15, -0.1) is 24.0 Å². The van der Waals surface area contributed by atoms with Crippen molar-refractivity contribution in [2.75, 3.05) is 46.4 Å². The van der Waals surface area contributed by atoms with E-state index in [-0.39, 0.29) is 30.1 Å². The van der Waals surface area contributed by atoms with Crippen molar-refractivity contribution in [3.05, 3.63) is 29.8 Å². The van der Waals surface area contributed by atoms with E-state index in [1.54, 1.807) is 0 Å². The van der Waals surface area contributed by atoms with Gasteiger partial charge in [-0.25, -0.2) is 0 Å². The molecule has 2 heterocycles. The summed E-state index contributed by atoms with van der Waals surface area (Å²) in [5.74, 6) is 2.42. The molecular weight excluding hydrogens is 455 g/mol. The average Bonchev–Trinajstić information content (AvgIpc) is 3.08. The van der Waals surface area contributed by atoms with Crippen LogP contribution < -0.4 is 15.4 Å². The number of hydrogen-bond donors (Lipinski definition) is 2. The maximum atomic E-state index is 5.99. The molecule has 2 atom stereocenters. The fraction of sp³-hybridized carbons (Fsp3) is 0.650. The second kappa shape index (κ2) is 11.1. The molecule has 1 saturated heterocycles. The number of nitrogens with zero attached hydrogens (tertiary/aromatic N) is 2. The van der Waals surface area contributed by atoms with E-state index >= 15 is 0 Å². The highest BCUT2D eigenvalue weighted by Crippen LogP contribution is 2.27. The predicted octanol–water partition coefficient (Wildman–Crippen LogP) is 2.13. The molecule has 152 valence electrons. The van der Waals surface area contributed by atoms with E-state index in [1.807, 2.05) is 19.2 Å². The molecule has 1 fully saturated rings. The largest absolute Gasteiger partial charge is 0.488 e. The quantitative estimate of drug-likeness (QED) is 0.365. The molecule has 3 rings (SSSR count). The number of para-hydroxylation sites is 1. The molecule has 2 aliphatic heterocycles. The standard InChI is InChI=1S/C20H32N4O2.HI/c1-15(2)18(24-8-10-25-11-9-24)14-23-20(21-3)22-13-17-12-16-6-4-5-7-19(16)26-17;/h4-7,15,17-18H,8-14H2,1-3H3,(H2,21,22,23);1H. The van der Waals surface area contributed by atoms with Gasteiger partial charge in [-0.2, -0.15) is 0 Å². The van der Waals surface area contributed by atoms with Crippen LogP contribution in [0.1, 0.15) is 19.4 Å². The number of aliphatic imine (C=N–C) groups is 1. The van der Waals surface area contributed by atoms with Crippen LogP contribution in [-0.4, -0.2) is 69.4 Å². The molecule has 7 heteroatoms. The zero-order valence-corrected chi connectivity index (χ0v) is 18.9. The molecule has 0 saturated carbocycles. The highest BCUT2D eigenvalue weighted by atomic mass is 127. The number of halogens is 1. The summed E-state index contributed by atoms with van der Waals surface area (Å²) in [5.41, 5.74) is 1.29. The number of hydrogen-bond acceptors (Lipinski definition) is 4. The van der Waals surface area contributed by atoms with Gasteiger partial charge >= 0.3 is 0 Å². The Labute approximate surface area is 180 Å². The van der Waals surface area contributed by atoms with E-state index < -0.39 is 0 Å². The molecule has 0 aliphatic carbocycles. The SMILES string of the molecule is CN=C(NCC1Cc2ccccc2O1)NCC(C(C)C)N1CCOCC1.I. The summed E-state index contributed by atoms with van der Waals surface area (Å²) in [6.45, 7) is 9.85. The molecule has 2 N–H and O–H groups in total. The van der Waals surface area contributed by atoms with Gasteiger partial charge < -0.3 is 20.1 Å². The number of benzene rings is 1. The highest BCUT2D eigenvalue weighted by Gasteiger charge is 2.25. The van der Waals surface area contributed by atoms with Crippen LogP contribution in [-0.2, 0) is 11.2 Å². The fourth-order valence-corrected chi connectivity index (χ4v) is 3.70. The van der Waals surface area contributed by atoms with Gasteiger partial charge in [-0.3, -0.25) is 9.89 Å². The number of morpholine rings is 1. The van der Waals surface area contributed by atoms with Crippen LogP contribution >= 0.6 is 24.0 Å². The third-order valence-corrected chi connectivity index (χ3v) is 5.20. The third kappa shape index (κ3) is 6.22. The molecular formula is C20H33IN4O2. The Morgan fingerprint density at radius 2 is 1.96 bits per heavy atom. The molecule has 0 aromatic heterocycles. The van der Waals surface area contributed by atoms with Crippen LogP contribution in [0.3, 0.4) is 0 Å². The first-order chi connectivity index (χ1) is 12.7. The van der Waals surface area contributed by atoms with Crippen LogP contribution in [0.4, 0.5) is 0 Å². The van der Waals surface area contributed by atoms with E-state index in [1.165, 1.54) is 5.56 Å². The van der Waals surface area contributed by atoms with Gasteiger partial charge in [0.1, 0.15) is 11.9 Å². The number of ether oxygens (including phenoxy) is 2. The summed E-state index contributed by atoms with van der Waals surface area (Å²) in [4.78, 5) is 6.89. The van der Waals surface area contributed by atoms with Crippen LogP contribution in [0.15, 0.2) is 29.3 Å². The molecule has 6 nitrogen and oxygen atoms in total. The van der Waals surface area contributed by atoms with E-state index in [9.17, 15) is 0 Å². The van der Waals surface area contributed by atoms with Gasteiger partial charge in [0.25, 0.3) is 0 Å². The molecule has 1 aromatic rings. The Bertz CT molecular complexity index is 580. The van der Waals surface area contributed by atoms with E-state index in [2.05, 4.69) is 46.5 Å². The predicted molar refractivity (Wildman–Crippen MR) is 120 cm³/mol. The molecule has 1 aromatic carbocycles. The fourth-order valence-electron chi connectivity index (χ4n) is 3.70. The molecule has 0 radical (unpaired) electrons. The molecule has 2 aliphatic rings. The molecule has 27 heavy (non-hydrogen) atoms. The Balaban J connectivity index is 0.00000261. The Hall–Kier alpha value is -1.06. The number of fused-ring (bicyclic) bond motifs is 1. The van der Waals surface area contributed by atoms with Crippen LogP contribution in [0.25, 0.3) is 0 Å². The number of guanidine groups is 1. The van der Waals surface area contributed by atoms with E-state index in [4.69, 9.17) is 9.47 Å². The van der Waals surface area contributed by atoms with Gasteiger partial charge in [-0.05, 0) is 17.5 Å². The van der Waals surface area contributed by atoms with Crippen LogP contribution in [0, 0.1) is 5.92 Å². The summed E-state index contributed by atoms with van der Waals surface area (Å²) < 4.78 is 11.5. The van der Waals surface area contributed by atoms with Gasteiger partial charge in [0.05, 0.1) is 19.8 Å². The highest BCUT2D eigenvalue weighted by molar-refractivity contribution is 14.0. The average molecular weight is 488 g/mol. The van der Waals surface area contributed by atoms with Gasteiger partial charge in [0, 0.05) is 39.1 Å². The maximum absolute atomic E-state index is 5.99. The molecule has 0 spiro atoms. The first-order valence-electron chi connectivity index (χ1n) is 9.68. The topological polar surface area (TPSA) is 58.1 Å². The second-order valence-electron chi connectivity index (χ2n) is 7.35. The van der Waals surface area contributed by atoms with Gasteiger partial charge in [-0.1, -0.05) is 32.0 Å². The Kier molecular flexibility index (Phi) is 9.11. The summed E-state index contributed by atoms with van der Waals surface area (Å²) in [6.07, 6.45) is 1.11. The van der Waals surface area contributed by atoms with Crippen molar-refractivity contribution in [1.29, 1.82) is 0 Å². The molecule has 0 bridgehead atoms. The van der Waals surface area contributed by atoms with E-state index in [0.717, 1.165) is 57.5 Å². The van der Waals surface area contributed by atoms with Crippen molar-refractivity contribution in [3.8, 4) is 5.75 Å². The lowest BCUT2D eigenvalue weighted by Gasteiger charge is -2.37. The summed E-state index contributed by atoms with van der Waals surface area (Å²) >= 11 is 0. The first-order valence-corrected chi connectivity index (χ1v) is 9.68. The Morgan fingerprint density at radius 3 is 2.63 bits per heavy atom. The first kappa shape index (κ1) is 22.2. The lowest BCUT2D eigenvalue weighted by molar-refractivity contribution is 0.00751. The lowest BCUT2D eigenvalue weighted by Crippen LogP contribution is -2.53. The number of rotatable bonds is 6. The van der Waals surface area contributed by atoms with Crippen molar-refractivity contribution in [2.24, 2.45) is 10.9 Å². The van der Waals surface area contributed by atoms with Crippen molar-refractivity contribution >= 4 is 29.9 Å². The Morgan fingerprint density at radius 1 is 1.22 bits per heavy atom. The van der Waals surface area contributed by atoms with E-state index in [0.29, 0.717) is 12.0 Å². The minimum Gasteiger partial charge on any atom is -0.488 e. The van der Waals surface area contributed by atoms with Crippen molar-refractivity contribution in [2.45, 2.75) is 32.4 Å². The summed E-state index contributed by atoms with van der Waals surface area (Å²) in [6, 6.07) is 8.74. The van der Waals surface area contributed by atoms with Crippen molar-refractivity contribution < 1.29 is 9.47 Å². The molecule has 2 unspecified atom stereocenters.